The molecule has 0 saturated carbocycles. The van der Waals surface area contributed by atoms with Gasteiger partial charge >= 0.3 is 12.2 Å². The van der Waals surface area contributed by atoms with E-state index < -0.39 is 10.7 Å². The Balaban J connectivity index is 4.37. The van der Waals surface area contributed by atoms with Crippen LogP contribution in [-0.4, -0.2) is 16.3 Å². The molecular weight excluding hydrogens is 140 g/mol. The molecule has 0 radical (unpaired) electrons. The Kier molecular flexibility index (Phi) is 2.85. The zero-order chi connectivity index (χ0) is 8.15. The van der Waals surface area contributed by atoms with Crippen molar-refractivity contribution in [3.8, 4) is 0 Å². The summed E-state index contributed by atoms with van der Waals surface area (Å²) in [6.45, 7) is 0. The van der Waals surface area contributed by atoms with Crippen LogP contribution in [0.4, 0.5) is 0 Å². The Morgan fingerprint density at radius 1 is 1.70 bits per heavy atom. The third-order valence-electron chi connectivity index (χ3n) is 0.714. The summed E-state index contributed by atoms with van der Waals surface area (Å²) in [6.07, 6.45) is 0.718. The number of carbonyl (C=O) groups excluding carboxylic acids is 1. The Labute approximate surface area is 56.0 Å². The molecule has 56 valence electrons. The molecule has 0 aromatic carbocycles. The summed E-state index contributed by atoms with van der Waals surface area (Å²) in [5.41, 5.74) is 4.77. The summed E-state index contributed by atoms with van der Waals surface area (Å²) in [4.78, 5) is 18.9. The van der Waals surface area contributed by atoms with Gasteiger partial charge in [0.1, 0.15) is 0 Å². The maximum absolute atomic E-state index is 9.91. The monoisotopic (exact) mass is 146 g/mol. The summed E-state index contributed by atoms with van der Waals surface area (Å²) in [5, 5.41) is 10.2. The van der Waals surface area contributed by atoms with Gasteiger partial charge in [-0.2, -0.15) is 5.84 Å². The lowest BCUT2D eigenvalue weighted by atomic mass is 10.7. The third kappa shape index (κ3) is 1.71. The molecule has 0 heterocycles. The fourth-order valence-electron chi connectivity index (χ4n) is 0.295. The van der Waals surface area contributed by atoms with E-state index in [0.29, 0.717) is 6.20 Å². The SMILES string of the molecule is N/C=C(\N(N)C=O)[N+](=O)[O-]. The van der Waals surface area contributed by atoms with Crippen molar-refractivity contribution in [2.45, 2.75) is 0 Å². The highest BCUT2D eigenvalue weighted by atomic mass is 16.6. The van der Waals surface area contributed by atoms with E-state index in [1.54, 1.807) is 0 Å². The molecule has 1 amide bonds. The van der Waals surface area contributed by atoms with E-state index >= 15 is 0 Å². The maximum atomic E-state index is 9.91. The van der Waals surface area contributed by atoms with Crippen LogP contribution in [0.2, 0.25) is 0 Å². The average Bonchev–Trinajstić information content (AvgIpc) is 1.88. The number of hydrogen-bond acceptors (Lipinski definition) is 5. The van der Waals surface area contributed by atoms with Crippen LogP contribution in [0.5, 0.6) is 0 Å². The number of nitrogens with two attached hydrogens (primary N) is 2. The molecule has 0 atom stereocenters. The minimum absolute atomic E-state index is 0.0848. The van der Waals surface area contributed by atoms with Gasteiger partial charge < -0.3 is 15.8 Å². The second-order valence-electron chi connectivity index (χ2n) is 1.29. The Morgan fingerprint density at radius 3 is 2.30 bits per heavy atom. The number of carbonyl (C=O) groups is 1. The molecule has 0 bridgehead atoms. The van der Waals surface area contributed by atoms with E-state index in [2.05, 4.69) is 0 Å². The normalized spacial score (nSPS) is 10.7. The van der Waals surface area contributed by atoms with Crippen LogP contribution in [0.15, 0.2) is 12.0 Å². The lowest BCUT2D eigenvalue weighted by Gasteiger charge is -2.02. The van der Waals surface area contributed by atoms with E-state index in [1.165, 1.54) is 0 Å². The van der Waals surface area contributed by atoms with Gasteiger partial charge in [-0.1, -0.05) is 0 Å². The number of amides is 1. The molecule has 0 spiro atoms. The molecule has 0 saturated heterocycles. The third-order valence-corrected chi connectivity index (χ3v) is 0.714. The zero-order valence-electron chi connectivity index (χ0n) is 4.93. The second-order valence-corrected chi connectivity index (χ2v) is 1.29. The van der Waals surface area contributed by atoms with Gasteiger partial charge in [0, 0.05) is 0 Å². The molecule has 7 heteroatoms. The van der Waals surface area contributed by atoms with Crippen molar-refractivity contribution < 1.29 is 9.72 Å². The van der Waals surface area contributed by atoms with E-state index in [9.17, 15) is 14.9 Å². The fourth-order valence-corrected chi connectivity index (χ4v) is 0.295. The van der Waals surface area contributed by atoms with Crippen LogP contribution in [0.25, 0.3) is 0 Å². The molecule has 0 unspecified atom stereocenters. The zero-order valence-corrected chi connectivity index (χ0v) is 4.93. The highest BCUT2D eigenvalue weighted by Crippen LogP contribution is 1.92. The van der Waals surface area contributed by atoms with Gasteiger partial charge in [0.25, 0.3) is 0 Å². The van der Waals surface area contributed by atoms with Crippen molar-refractivity contribution in [1.82, 2.24) is 5.01 Å². The van der Waals surface area contributed by atoms with Gasteiger partial charge in [0.05, 0.1) is 6.20 Å². The summed E-state index contributed by atoms with van der Waals surface area (Å²) >= 11 is 0. The first-order valence-corrected chi connectivity index (χ1v) is 2.19. The molecule has 0 fully saturated rings. The topological polar surface area (TPSA) is 115 Å². The highest BCUT2D eigenvalue weighted by molar-refractivity contribution is 5.48. The quantitative estimate of drug-likeness (QED) is 0.163. The number of rotatable bonds is 3. The molecule has 0 aliphatic heterocycles. The average molecular weight is 146 g/mol. The fraction of sp³-hybridized carbons (Fsp3) is 0. The summed E-state index contributed by atoms with van der Waals surface area (Å²) in [5.74, 6) is 4.15. The Hall–Kier alpha value is -1.63. The van der Waals surface area contributed by atoms with Crippen LogP contribution in [0.1, 0.15) is 0 Å². The predicted octanol–water partition coefficient (Wildman–Crippen LogP) is -1.65. The molecule has 10 heavy (non-hydrogen) atoms. The van der Waals surface area contributed by atoms with E-state index in [-0.39, 0.29) is 11.4 Å². The second kappa shape index (κ2) is 3.41. The van der Waals surface area contributed by atoms with Crippen molar-refractivity contribution in [2.24, 2.45) is 11.6 Å². The first-order valence-electron chi connectivity index (χ1n) is 2.19. The molecule has 0 aromatic rings. The van der Waals surface area contributed by atoms with E-state index in [1.807, 2.05) is 0 Å². The molecule has 0 aromatic heterocycles. The summed E-state index contributed by atoms with van der Waals surface area (Å²) in [7, 11) is 0. The molecular formula is C3H6N4O3. The van der Waals surface area contributed by atoms with Crippen molar-refractivity contribution in [1.29, 1.82) is 0 Å². The highest BCUT2D eigenvalue weighted by Gasteiger charge is 2.14. The smallest absolute Gasteiger partial charge is 0.359 e. The van der Waals surface area contributed by atoms with Crippen molar-refractivity contribution in [2.75, 3.05) is 0 Å². The van der Waals surface area contributed by atoms with Crippen LogP contribution in [0, 0.1) is 10.1 Å². The minimum Gasteiger partial charge on any atom is -0.398 e. The van der Waals surface area contributed by atoms with Gasteiger partial charge in [-0.15, -0.1) is 5.01 Å². The predicted molar refractivity (Wildman–Crippen MR) is 31.4 cm³/mol. The van der Waals surface area contributed by atoms with Gasteiger partial charge in [-0.3, -0.25) is 0 Å². The first-order chi connectivity index (χ1) is 4.63. The first kappa shape index (κ1) is 8.37. The molecule has 0 rings (SSSR count). The number of hydrogen-bond donors (Lipinski definition) is 2. The minimum atomic E-state index is -0.867. The summed E-state index contributed by atoms with van der Waals surface area (Å²) < 4.78 is 0. The van der Waals surface area contributed by atoms with E-state index in [0.717, 1.165) is 0 Å². The van der Waals surface area contributed by atoms with Gasteiger partial charge in [0.15, 0.2) is 0 Å². The molecule has 7 nitrogen and oxygen atoms in total. The molecule has 0 aliphatic rings. The molecule has 4 N–H and O–H groups in total. The van der Waals surface area contributed by atoms with Crippen molar-refractivity contribution >= 4 is 6.41 Å². The van der Waals surface area contributed by atoms with Crippen LogP contribution in [-0.2, 0) is 4.79 Å². The number of nitro groups is 1. The van der Waals surface area contributed by atoms with Crippen LogP contribution >= 0.6 is 0 Å². The van der Waals surface area contributed by atoms with Gasteiger partial charge in [0.2, 0.25) is 0 Å². The van der Waals surface area contributed by atoms with Crippen molar-refractivity contribution in [3.63, 3.8) is 0 Å². The van der Waals surface area contributed by atoms with Gasteiger partial charge in [-0.05, 0) is 4.92 Å². The molecule has 0 aliphatic carbocycles. The van der Waals surface area contributed by atoms with Crippen LogP contribution < -0.4 is 11.6 Å². The van der Waals surface area contributed by atoms with E-state index in [4.69, 9.17) is 11.6 Å². The Bertz CT molecular complexity index is 177. The lowest BCUT2D eigenvalue weighted by molar-refractivity contribution is -0.443. The standard InChI is InChI=1S/C3H6N4O3/c4-1-3(7(9)10)6(5)2-8/h1-2H,4-5H2/b3-1+. The maximum Gasteiger partial charge on any atom is 0.359 e. The van der Waals surface area contributed by atoms with Gasteiger partial charge in [-0.25, -0.2) is 4.79 Å². The van der Waals surface area contributed by atoms with Crippen molar-refractivity contribution in [3.05, 3.63) is 22.1 Å². The Morgan fingerprint density at radius 2 is 2.20 bits per heavy atom. The number of hydrazine groups is 1. The lowest BCUT2D eigenvalue weighted by Crippen LogP contribution is -2.32. The summed E-state index contributed by atoms with van der Waals surface area (Å²) in [6, 6.07) is 0. The number of nitrogens with zero attached hydrogens (tertiary/aromatic N) is 2. The van der Waals surface area contributed by atoms with Crippen LogP contribution in [0.3, 0.4) is 0 Å². The largest absolute Gasteiger partial charge is 0.398 e.